The molecular formula is C11H15Br2N3OS. The van der Waals surface area contributed by atoms with Gasteiger partial charge in [-0.15, -0.1) is 11.3 Å². The quantitative estimate of drug-likeness (QED) is 0.816. The van der Waals surface area contributed by atoms with E-state index in [9.17, 15) is 4.79 Å². The molecule has 0 unspecified atom stereocenters. The third-order valence-corrected chi connectivity index (χ3v) is 6.05. The zero-order valence-electron chi connectivity index (χ0n) is 9.84. The Balaban J connectivity index is 1.74. The van der Waals surface area contributed by atoms with Gasteiger partial charge in [0.1, 0.15) is 0 Å². The van der Waals surface area contributed by atoms with Crippen LogP contribution in [0.15, 0.2) is 14.3 Å². The number of thiophene rings is 1. The summed E-state index contributed by atoms with van der Waals surface area (Å²) in [4.78, 5) is 15.0. The monoisotopic (exact) mass is 395 g/mol. The molecule has 7 heteroatoms. The molecule has 0 aromatic carbocycles. The van der Waals surface area contributed by atoms with Crippen LogP contribution in [0.25, 0.3) is 0 Å². The Hall–Kier alpha value is 0.0500. The molecule has 0 bridgehead atoms. The number of nitrogens with zero attached hydrogens (tertiary/aromatic N) is 1. The highest BCUT2D eigenvalue weighted by Gasteiger charge is 2.13. The Morgan fingerprint density at radius 2 is 2.17 bits per heavy atom. The summed E-state index contributed by atoms with van der Waals surface area (Å²) in [6.45, 7) is 5.82. The maximum absolute atomic E-state index is 11.9. The van der Waals surface area contributed by atoms with Gasteiger partial charge in [-0.1, -0.05) is 0 Å². The summed E-state index contributed by atoms with van der Waals surface area (Å²) in [5, 5.41) is 6.27. The second-order valence-corrected chi connectivity index (χ2v) is 7.30. The Morgan fingerprint density at radius 1 is 1.44 bits per heavy atom. The summed E-state index contributed by atoms with van der Waals surface area (Å²) in [5.41, 5.74) is 0. The summed E-state index contributed by atoms with van der Waals surface area (Å²) >= 11 is 8.22. The molecule has 0 aliphatic carbocycles. The van der Waals surface area contributed by atoms with Crippen LogP contribution in [0.1, 0.15) is 9.67 Å². The number of hydrogen-bond donors (Lipinski definition) is 2. The first-order valence-electron chi connectivity index (χ1n) is 5.83. The molecular weight excluding hydrogens is 382 g/mol. The minimum Gasteiger partial charge on any atom is -0.350 e. The fraction of sp³-hybridized carbons (Fsp3) is 0.545. The van der Waals surface area contributed by atoms with Crippen LogP contribution >= 0.6 is 43.2 Å². The molecule has 2 heterocycles. The second kappa shape index (κ2) is 7.00. The van der Waals surface area contributed by atoms with Crippen LogP contribution in [-0.2, 0) is 0 Å². The van der Waals surface area contributed by atoms with Crippen molar-refractivity contribution in [3.63, 3.8) is 0 Å². The summed E-state index contributed by atoms with van der Waals surface area (Å²) in [6, 6.07) is 1.84. The van der Waals surface area contributed by atoms with Crippen LogP contribution in [0.3, 0.4) is 0 Å². The molecule has 1 aliphatic rings. The number of hydrogen-bond acceptors (Lipinski definition) is 4. The molecule has 0 spiro atoms. The minimum absolute atomic E-state index is 0.00142. The van der Waals surface area contributed by atoms with E-state index in [-0.39, 0.29) is 5.91 Å². The van der Waals surface area contributed by atoms with Crippen molar-refractivity contribution >= 4 is 49.1 Å². The minimum atomic E-state index is 0.00142. The number of amides is 1. The van der Waals surface area contributed by atoms with Gasteiger partial charge in [-0.3, -0.25) is 9.69 Å². The maximum atomic E-state index is 11.9. The standard InChI is InChI=1S/C11H15Br2N3OS/c12-8-7-9(18-10(8)13)11(17)15-3-6-16-4-1-14-2-5-16/h7,14H,1-6H2,(H,15,17). The van der Waals surface area contributed by atoms with Crippen LogP contribution in [0.4, 0.5) is 0 Å². The fourth-order valence-corrected chi connectivity index (χ4v) is 3.76. The molecule has 1 amide bonds. The zero-order chi connectivity index (χ0) is 13.0. The number of carbonyl (C=O) groups excluding carboxylic acids is 1. The Morgan fingerprint density at radius 3 is 2.78 bits per heavy atom. The lowest BCUT2D eigenvalue weighted by molar-refractivity contribution is 0.0951. The molecule has 0 atom stereocenters. The van der Waals surface area contributed by atoms with Crippen molar-refractivity contribution in [1.29, 1.82) is 0 Å². The smallest absolute Gasteiger partial charge is 0.261 e. The number of halogens is 2. The van der Waals surface area contributed by atoms with E-state index in [0.717, 1.165) is 45.9 Å². The van der Waals surface area contributed by atoms with Gasteiger partial charge >= 0.3 is 0 Å². The SMILES string of the molecule is O=C(NCCN1CCNCC1)c1cc(Br)c(Br)s1. The highest BCUT2D eigenvalue weighted by Crippen LogP contribution is 2.32. The first-order valence-corrected chi connectivity index (χ1v) is 8.23. The summed E-state index contributed by atoms with van der Waals surface area (Å²) in [7, 11) is 0. The first-order chi connectivity index (χ1) is 8.66. The summed E-state index contributed by atoms with van der Waals surface area (Å²) < 4.78 is 1.88. The Labute approximate surface area is 127 Å². The second-order valence-electron chi connectivity index (χ2n) is 4.08. The van der Waals surface area contributed by atoms with Gasteiger partial charge in [0.25, 0.3) is 5.91 Å². The van der Waals surface area contributed by atoms with E-state index < -0.39 is 0 Å². The molecule has 1 aromatic rings. The molecule has 2 N–H and O–H groups in total. The largest absolute Gasteiger partial charge is 0.350 e. The third kappa shape index (κ3) is 4.03. The van der Waals surface area contributed by atoms with Crippen molar-refractivity contribution in [2.24, 2.45) is 0 Å². The van der Waals surface area contributed by atoms with E-state index in [1.165, 1.54) is 11.3 Å². The van der Waals surface area contributed by atoms with Gasteiger partial charge in [0, 0.05) is 43.7 Å². The molecule has 100 valence electrons. The lowest BCUT2D eigenvalue weighted by Crippen LogP contribution is -2.46. The molecule has 1 fully saturated rings. The zero-order valence-corrected chi connectivity index (χ0v) is 13.8. The Kier molecular flexibility index (Phi) is 5.62. The molecule has 18 heavy (non-hydrogen) atoms. The van der Waals surface area contributed by atoms with Gasteiger partial charge in [0.2, 0.25) is 0 Å². The van der Waals surface area contributed by atoms with Gasteiger partial charge in [-0.25, -0.2) is 0 Å². The maximum Gasteiger partial charge on any atom is 0.261 e. The molecule has 1 aliphatic heterocycles. The van der Waals surface area contributed by atoms with Crippen molar-refractivity contribution in [1.82, 2.24) is 15.5 Å². The van der Waals surface area contributed by atoms with Crippen molar-refractivity contribution in [2.45, 2.75) is 0 Å². The number of carbonyl (C=O) groups is 1. The van der Waals surface area contributed by atoms with Gasteiger partial charge in [-0.05, 0) is 37.9 Å². The topological polar surface area (TPSA) is 44.4 Å². The van der Waals surface area contributed by atoms with Crippen molar-refractivity contribution in [3.05, 3.63) is 19.2 Å². The van der Waals surface area contributed by atoms with Crippen molar-refractivity contribution < 1.29 is 4.79 Å². The summed E-state index contributed by atoms with van der Waals surface area (Å²) in [6.07, 6.45) is 0. The Bertz CT molecular complexity index is 399. The molecule has 1 aromatic heterocycles. The molecule has 4 nitrogen and oxygen atoms in total. The van der Waals surface area contributed by atoms with Crippen molar-refractivity contribution in [2.75, 3.05) is 39.3 Å². The van der Waals surface area contributed by atoms with Crippen LogP contribution in [-0.4, -0.2) is 50.1 Å². The van der Waals surface area contributed by atoms with E-state index in [2.05, 4.69) is 47.4 Å². The molecule has 0 radical (unpaired) electrons. The predicted octanol–water partition coefficient (Wildman–Crippen LogP) is 1.91. The highest BCUT2D eigenvalue weighted by molar-refractivity contribution is 9.13. The van der Waals surface area contributed by atoms with Crippen LogP contribution in [0.2, 0.25) is 0 Å². The average molecular weight is 397 g/mol. The van der Waals surface area contributed by atoms with Crippen LogP contribution < -0.4 is 10.6 Å². The van der Waals surface area contributed by atoms with Gasteiger partial charge in [0.05, 0.1) is 8.66 Å². The van der Waals surface area contributed by atoms with E-state index in [1.807, 2.05) is 6.07 Å². The van der Waals surface area contributed by atoms with Gasteiger partial charge < -0.3 is 10.6 Å². The first kappa shape index (κ1) is 14.5. The normalized spacial score (nSPS) is 16.8. The lowest BCUT2D eigenvalue weighted by Gasteiger charge is -2.26. The molecule has 1 saturated heterocycles. The number of nitrogens with one attached hydrogen (secondary N) is 2. The molecule has 0 saturated carbocycles. The van der Waals surface area contributed by atoms with E-state index in [0.29, 0.717) is 6.54 Å². The summed E-state index contributed by atoms with van der Waals surface area (Å²) in [5.74, 6) is 0.00142. The highest BCUT2D eigenvalue weighted by atomic mass is 79.9. The van der Waals surface area contributed by atoms with E-state index in [1.54, 1.807) is 0 Å². The van der Waals surface area contributed by atoms with Crippen LogP contribution in [0, 0.1) is 0 Å². The number of rotatable bonds is 4. The molecule has 2 rings (SSSR count). The van der Waals surface area contributed by atoms with Crippen molar-refractivity contribution in [3.8, 4) is 0 Å². The lowest BCUT2D eigenvalue weighted by atomic mass is 10.3. The van der Waals surface area contributed by atoms with Gasteiger partial charge in [0.15, 0.2) is 0 Å². The number of piperazine rings is 1. The van der Waals surface area contributed by atoms with E-state index in [4.69, 9.17) is 0 Å². The predicted molar refractivity (Wildman–Crippen MR) is 81.4 cm³/mol. The van der Waals surface area contributed by atoms with E-state index >= 15 is 0 Å². The average Bonchev–Trinajstić information content (AvgIpc) is 2.71. The fourth-order valence-electron chi connectivity index (χ4n) is 1.81. The van der Waals surface area contributed by atoms with Gasteiger partial charge in [-0.2, -0.15) is 0 Å². The van der Waals surface area contributed by atoms with Crippen LogP contribution in [0.5, 0.6) is 0 Å². The third-order valence-electron chi connectivity index (χ3n) is 2.79.